The highest BCUT2D eigenvalue weighted by molar-refractivity contribution is 6.30. The number of carbonyl (C=O) groups excluding carboxylic acids is 1. The van der Waals surface area contributed by atoms with E-state index in [4.69, 9.17) is 17.3 Å². The molecule has 0 aliphatic carbocycles. The highest BCUT2D eigenvalue weighted by Gasteiger charge is 2.08. The molecule has 0 unspecified atom stereocenters. The van der Waals surface area contributed by atoms with Crippen LogP contribution in [0.2, 0.25) is 5.02 Å². The van der Waals surface area contributed by atoms with Crippen LogP contribution in [0.15, 0.2) is 60.3 Å². The van der Waals surface area contributed by atoms with Crippen molar-refractivity contribution >= 4 is 23.2 Å². The van der Waals surface area contributed by atoms with Crippen molar-refractivity contribution in [1.82, 2.24) is 0 Å². The first-order chi connectivity index (χ1) is 10.6. The van der Waals surface area contributed by atoms with Gasteiger partial charge >= 0.3 is 0 Å². The minimum Gasteiger partial charge on any atom is -0.366 e. The molecule has 3 N–H and O–H groups in total. The Labute approximate surface area is 133 Å². The van der Waals surface area contributed by atoms with E-state index in [9.17, 15) is 10.1 Å². The summed E-state index contributed by atoms with van der Waals surface area (Å²) in [5.41, 5.74) is 7.55. The summed E-state index contributed by atoms with van der Waals surface area (Å²) in [4.78, 5) is 11.4. The summed E-state index contributed by atoms with van der Waals surface area (Å²) in [5, 5.41) is 12.8. The number of rotatable bonds is 5. The van der Waals surface area contributed by atoms with Gasteiger partial charge in [-0.05, 0) is 42.3 Å². The topological polar surface area (TPSA) is 78.9 Å². The Morgan fingerprint density at radius 1 is 1.23 bits per heavy atom. The number of nitrogens with zero attached hydrogens (tertiary/aromatic N) is 1. The van der Waals surface area contributed by atoms with Crippen molar-refractivity contribution in [2.75, 3.05) is 5.32 Å². The molecule has 0 aromatic heterocycles. The lowest BCUT2D eigenvalue weighted by atomic mass is 10.1. The van der Waals surface area contributed by atoms with Gasteiger partial charge in [-0.2, -0.15) is 5.26 Å². The molecule has 0 saturated heterocycles. The van der Waals surface area contributed by atoms with Gasteiger partial charge in [-0.1, -0.05) is 35.9 Å². The Hall–Kier alpha value is -2.77. The third-order valence-corrected chi connectivity index (χ3v) is 3.29. The second kappa shape index (κ2) is 7.30. The van der Waals surface area contributed by atoms with Gasteiger partial charge in [0.1, 0.15) is 11.8 Å². The van der Waals surface area contributed by atoms with Gasteiger partial charge in [-0.25, -0.2) is 0 Å². The first-order valence-electron chi connectivity index (χ1n) is 6.60. The first-order valence-corrected chi connectivity index (χ1v) is 6.98. The maximum atomic E-state index is 11.4. The van der Waals surface area contributed by atoms with E-state index in [-0.39, 0.29) is 0 Å². The normalized spacial score (nSPS) is 10.8. The van der Waals surface area contributed by atoms with Gasteiger partial charge in [0.15, 0.2) is 0 Å². The fraction of sp³-hybridized carbons (Fsp3) is 0.0588. The van der Waals surface area contributed by atoms with Crippen molar-refractivity contribution in [3.05, 3.63) is 76.5 Å². The largest absolute Gasteiger partial charge is 0.366 e. The van der Waals surface area contributed by atoms with Gasteiger partial charge in [0.05, 0.1) is 11.3 Å². The molecular weight excluding hydrogens is 298 g/mol. The lowest BCUT2D eigenvalue weighted by molar-refractivity contribution is 0.100. The highest BCUT2D eigenvalue weighted by Crippen LogP contribution is 2.17. The number of amides is 1. The molecule has 0 bridgehead atoms. The van der Waals surface area contributed by atoms with E-state index in [1.807, 2.05) is 12.1 Å². The third kappa shape index (κ3) is 4.11. The van der Waals surface area contributed by atoms with E-state index in [2.05, 4.69) is 11.4 Å². The SMILES string of the molecule is N#C/C(=C/Cc1ccc(Cl)cc1)Nc1ccccc1C(N)=O. The van der Waals surface area contributed by atoms with Crippen LogP contribution in [-0.2, 0) is 6.42 Å². The maximum absolute atomic E-state index is 11.4. The molecule has 0 aliphatic rings. The number of hydrogen-bond donors (Lipinski definition) is 2. The zero-order chi connectivity index (χ0) is 15.9. The van der Waals surface area contributed by atoms with Crippen LogP contribution in [0.5, 0.6) is 0 Å². The van der Waals surface area contributed by atoms with Crippen molar-refractivity contribution in [2.24, 2.45) is 5.73 Å². The molecular formula is C17H14ClN3O. The molecule has 5 heteroatoms. The molecule has 110 valence electrons. The minimum absolute atomic E-state index is 0.343. The predicted molar refractivity (Wildman–Crippen MR) is 87.4 cm³/mol. The molecule has 2 aromatic carbocycles. The lowest BCUT2D eigenvalue weighted by Gasteiger charge is -2.08. The number of halogens is 1. The molecule has 1 amide bonds. The van der Waals surface area contributed by atoms with Crippen LogP contribution >= 0.6 is 11.6 Å². The number of allylic oxidation sites excluding steroid dienone is 2. The number of carbonyl (C=O) groups is 1. The molecule has 0 aliphatic heterocycles. The minimum atomic E-state index is -0.543. The quantitative estimate of drug-likeness (QED) is 0.829. The molecule has 0 spiro atoms. The van der Waals surface area contributed by atoms with Crippen molar-refractivity contribution in [3.8, 4) is 6.07 Å². The predicted octanol–water partition coefficient (Wildman–Crippen LogP) is 3.50. The zero-order valence-corrected chi connectivity index (χ0v) is 12.5. The number of para-hydroxylation sites is 1. The van der Waals surface area contributed by atoms with Gasteiger partial charge < -0.3 is 11.1 Å². The van der Waals surface area contributed by atoms with Gasteiger partial charge in [-0.15, -0.1) is 0 Å². The van der Waals surface area contributed by atoms with Gasteiger partial charge in [0.25, 0.3) is 5.91 Å². The van der Waals surface area contributed by atoms with Crippen LogP contribution in [0, 0.1) is 11.3 Å². The second-order valence-corrected chi connectivity index (χ2v) is 5.03. The number of anilines is 1. The summed E-state index contributed by atoms with van der Waals surface area (Å²) >= 11 is 5.83. The smallest absolute Gasteiger partial charge is 0.250 e. The van der Waals surface area contributed by atoms with Gasteiger partial charge in [0.2, 0.25) is 0 Å². The van der Waals surface area contributed by atoms with Crippen LogP contribution in [-0.4, -0.2) is 5.91 Å². The first kappa shape index (κ1) is 15.6. The highest BCUT2D eigenvalue weighted by atomic mass is 35.5. The van der Waals surface area contributed by atoms with Crippen molar-refractivity contribution in [2.45, 2.75) is 6.42 Å². The van der Waals surface area contributed by atoms with E-state index in [1.54, 1.807) is 42.5 Å². The summed E-state index contributed by atoms with van der Waals surface area (Å²) < 4.78 is 0. The summed E-state index contributed by atoms with van der Waals surface area (Å²) in [6, 6.07) is 16.3. The molecule has 22 heavy (non-hydrogen) atoms. The zero-order valence-electron chi connectivity index (χ0n) is 11.7. The van der Waals surface area contributed by atoms with Crippen molar-refractivity contribution < 1.29 is 4.79 Å². The Morgan fingerprint density at radius 3 is 2.55 bits per heavy atom. The molecule has 0 atom stereocenters. The Bertz CT molecular complexity index is 745. The van der Waals surface area contributed by atoms with E-state index in [1.165, 1.54) is 0 Å². The fourth-order valence-electron chi connectivity index (χ4n) is 1.92. The Morgan fingerprint density at radius 2 is 1.91 bits per heavy atom. The van der Waals surface area contributed by atoms with Crippen LogP contribution in [0.1, 0.15) is 15.9 Å². The molecule has 0 radical (unpaired) electrons. The molecule has 0 fully saturated rings. The van der Waals surface area contributed by atoms with E-state index < -0.39 is 5.91 Å². The third-order valence-electron chi connectivity index (χ3n) is 3.04. The molecule has 2 aromatic rings. The Balaban J connectivity index is 2.16. The van der Waals surface area contributed by atoms with Crippen molar-refractivity contribution in [1.29, 1.82) is 5.26 Å². The molecule has 4 nitrogen and oxygen atoms in total. The average Bonchev–Trinajstić information content (AvgIpc) is 2.53. The maximum Gasteiger partial charge on any atom is 0.250 e. The fourth-order valence-corrected chi connectivity index (χ4v) is 2.04. The monoisotopic (exact) mass is 311 g/mol. The van der Waals surface area contributed by atoms with Crippen LogP contribution in [0.3, 0.4) is 0 Å². The molecule has 2 rings (SSSR count). The van der Waals surface area contributed by atoms with Crippen molar-refractivity contribution in [3.63, 3.8) is 0 Å². The number of nitrogens with one attached hydrogen (secondary N) is 1. The van der Waals surface area contributed by atoms with Crippen LogP contribution in [0.25, 0.3) is 0 Å². The molecule has 0 heterocycles. The number of benzene rings is 2. The summed E-state index contributed by atoms with van der Waals surface area (Å²) in [5.74, 6) is -0.543. The number of primary amides is 1. The average molecular weight is 312 g/mol. The summed E-state index contributed by atoms with van der Waals surface area (Å²) in [6.07, 6.45) is 2.33. The van der Waals surface area contributed by atoms with Gasteiger partial charge in [0, 0.05) is 5.02 Å². The van der Waals surface area contributed by atoms with E-state index in [0.29, 0.717) is 28.4 Å². The van der Waals surface area contributed by atoms with E-state index >= 15 is 0 Å². The number of hydrogen-bond acceptors (Lipinski definition) is 3. The summed E-state index contributed by atoms with van der Waals surface area (Å²) in [7, 11) is 0. The second-order valence-electron chi connectivity index (χ2n) is 4.60. The van der Waals surface area contributed by atoms with Crippen LogP contribution in [0.4, 0.5) is 5.69 Å². The summed E-state index contributed by atoms with van der Waals surface area (Å²) in [6.45, 7) is 0. The number of nitriles is 1. The van der Waals surface area contributed by atoms with Crippen LogP contribution < -0.4 is 11.1 Å². The Kier molecular flexibility index (Phi) is 5.18. The van der Waals surface area contributed by atoms with Gasteiger partial charge in [-0.3, -0.25) is 4.79 Å². The van der Waals surface area contributed by atoms with E-state index in [0.717, 1.165) is 5.56 Å². The molecule has 0 saturated carbocycles. The number of nitrogens with two attached hydrogens (primary N) is 1. The lowest BCUT2D eigenvalue weighted by Crippen LogP contribution is -2.14. The standard InChI is InChI=1S/C17H14ClN3O/c18-13-8-5-12(6-9-13)7-10-14(11-19)21-16-4-2-1-3-15(16)17(20)22/h1-6,8-10,21H,7H2,(H2,20,22)/b14-10-.